The summed E-state index contributed by atoms with van der Waals surface area (Å²) >= 11 is 0. The van der Waals surface area contributed by atoms with Gasteiger partial charge in [-0.1, -0.05) is 24.3 Å². The summed E-state index contributed by atoms with van der Waals surface area (Å²) < 4.78 is 30.1. The van der Waals surface area contributed by atoms with E-state index in [0.29, 0.717) is 23.1 Å². The number of rotatable bonds is 3. The summed E-state index contributed by atoms with van der Waals surface area (Å²) in [6.45, 7) is 4.35. The Morgan fingerprint density at radius 3 is 2.53 bits per heavy atom. The molecule has 1 aromatic heterocycles. The van der Waals surface area contributed by atoms with Crippen LogP contribution in [0.3, 0.4) is 0 Å². The number of hydrogen-bond donors (Lipinski definition) is 1. The van der Waals surface area contributed by atoms with Crippen LogP contribution >= 0.6 is 0 Å². The van der Waals surface area contributed by atoms with Crippen LogP contribution in [0.15, 0.2) is 75.1 Å². The molecule has 0 spiro atoms. The third-order valence-electron chi connectivity index (χ3n) is 6.37. The molecular formula is C26H25N3O4S. The first-order valence-electron chi connectivity index (χ1n) is 11.2. The van der Waals surface area contributed by atoms with Crippen LogP contribution in [-0.4, -0.2) is 24.5 Å². The summed E-state index contributed by atoms with van der Waals surface area (Å²) in [4.78, 5) is 28.6. The van der Waals surface area contributed by atoms with Crippen molar-refractivity contribution >= 4 is 26.6 Å². The van der Waals surface area contributed by atoms with Crippen LogP contribution in [0, 0.1) is 13.8 Å². The van der Waals surface area contributed by atoms with Gasteiger partial charge in [0, 0.05) is 6.54 Å². The van der Waals surface area contributed by atoms with Crippen molar-refractivity contribution in [2.75, 3.05) is 10.8 Å². The summed E-state index contributed by atoms with van der Waals surface area (Å²) in [5.41, 5.74) is 3.36. The van der Waals surface area contributed by atoms with Crippen LogP contribution in [0.2, 0.25) is 0 Å². The van der Waals surface area contributed by atoms with Gasteiger partial charge >= 0.3 is 5.69 Å². The van der Waals surface area contributed by atoms with Crippen molar-refractivity contribution in [3.05, 3.63) is 98.2 Å². The highest BCUT2D eigenvalue weighted by Gasteiger charge is 2.29. The van der Waals surface area contributed by atoms with Crippen molar-refractivity contribution in [2.45, 2.75) is 38.0 Å². The molecule has 0 saturated carbocycles. The summed E-state index contributed by atoms with van der Waals surface area (Å²) in [5, 5.41) is 0.350. The van der Waals surface area contributed by atoms with Crippen molar-refractivity contribution in [3.8, 4) is 5.69 Å². The minimum Gasteiger partial charge on any atom is -0.306 e. The lowest BCUT2D eigenvalue weighted by Crippen LogP contribution is -2.34. The highest BCUT2D eigenvalue weighted by molar-refractivity contribution is 7.92. The molecule has 0 saturated heterocycles. The summed E-state index contributed by atoms with van der Waals surface area (Å²) in [6, 6.07) is 16.8. The second kappa shape index (κ2) is 8.29. The molecule has 2 heterocycles. The number of fused-ring (bicyclic) bond motifs is 2. The Hall–Kier alpha value is -3.65. The lowest BCUT2D eigenvalue weighted by molar-refractivity contribution is 0.589. The zero-order valence-corrected chi connectivity index (χ0v) is 19.9. The van der Waals surface area contributed by atoms with Crippen LogP contribution in [0.5, 0.6) is 0 Å². The van der Waals surface area contributed by atoms with E-state index in [0.717, 1.165) is 40.5 Å². The Balaban J connectivity index is 1.66. The zero-order chi connectivity index (χ0) is 24.0. The molecule has 0 amide bonds. The Morgan fingerprint density at radius 1 is 0.912 bits per heavy atom. The molecule has 4 aromatic rings. The van der Waals surface area contributed by atoms with Gasteiger partial charge in [0.25, 0.3) is 15.6 Å². The smallest absolute Gasteiger partial charge is 0.306 e. The maximum atomic E-state index is 13.8. The van der Waals surface area contributed by atoms with E-state index < -0.39 is 21.3 Å². The van der Waals surface area contributed by atoms with E-state index >= 15 is 0 Å². The minimum atomic E-state index is -3.93. The van der Waals surface area contributed by atoms with Gasteiger partial charge in [-0.15, -0.1) is 0 Å². The topological polar surface area (TPSA) is 92.2 Å². The highest BCUT2D eigenvalue weighted by atomic mass is 32.2. The predicted octanol–water partition coefficient (Wildman–Crippen LogP) is 3.83. The average Bonchev–Trinajstić information content (AvgIpc) is 3.02. The second-order valence-corrected chi connectivity index (χ2v) is 10.6. The largest absolute Gasteiger partial charge is 0.333 e. The first-order valence-corrected chi connectivity index (χ1v) is 12.7. The monoisotopic (exact) mass is 475 g/mol. The second-order valence-electron chi connectivity index (χ2n) is 8.73. The molecule has 0 bridgehead atoms. The van der Waals surface area contributed by atoms with Gasteiger partial charge in [0.05, 0.1) is 27.2 Å². The van der Waals surface area contributed by atoms with Crippen molar-refractivity contribution in [1.82, 2.24) is 9.55 Å². The third kappa shape index (κ3) is 3.64. The molecule has 0 aliphatic carbocycles. The number of para-hydroxylation sites is 1. The predicted molar refractivity (Wildman–Crippen MR) is 134 cm³/mol. The Bertz CT molecular complexity index is 1650. The molecular weight excluding hydrogens is 450 g/mol. The molecule has 5 rings (SSSR count). The van der Waals surface area contributed by atoms with Crippen LogP contribution < -0.4 is 15.6 Å². The summed E-state index contributed by atoms with van der Waals surface area (Å²) in [7, 11) is -3.93. The van der Waals surface area contributed by atoms with Gasteiger partial charge < -0.3 is 4.98 Å². The Morgan fingerprint density at radius 2 is 1.71 bits per heavy atom. The van der Waals surface area contributed by atoms with E-state index in [9.17, 15) is 18.0 Å². The summed E-state index contributed by atoms with van der Waals surface area (Å²) in [5.74, 6) is 0. The van der Waals surface area contributed by atoms with Crippen molar-refractivity contribution in [1.29, 1.82) is 0 Å². The first kappa shape index (κ1) is 22.2. The summed E-state index contributed by atoms with van der Waals surface area (Å²) in [6.07, 6.45) is 2.48. The van der Waals surface area contributed by atoms with E-state index in [1.54, 1.807) is 36.4 Å². The SMILES string of the molecule is Cc1cc(C)c2c(c1)N(S(=O)(=O)c1cccc(-n3c(=O)[nH]c4ccccc4c3=O)c1)CCCC2. The molecule has 174 valence electrons. The van der Waals surface area contributed by atoms with E-state index in [4.69, 9.17) is 0 Å². The highest BCUT2D eigenvalue weighted by Crippen LogP contribution is 2.34. The third-order valence-corrected chi connectivity index (χ3v) is 8.18. The number of hydrogen-bond acceptors (Lipinski definition) is 4. The normalized spacial score (nSPS) is 14.1. The van der Waals surface area contributed by atoms with Gasteiger partial charge in [-0.3, -0.25) is 9.10 Å². The zero-order valence-electron chi connectivity index (χ0n) is 19.0. The maximum Gasteiger partial charge on any atom is 0.333 e. The molecule has 0 radical (unpaired) electrons. The number of aryl methyl sites for hydroxylation is 2. The standard InChI is InChI=1S/C26H25N3O4S/c1-17-14-18(2)21-10-5-6-13-28(24(21)15-17)34(32,33)20-9-7-8-19(16-20)29-25(30)22-11-3-4-12-23(22)27-26(29)31/h3-4,7-9,11-12,14-16H,5-6,10,13H2,1-2H3,(H,27,31). The molecule has 3 aromatic carbocycles. The molecule has 0 fully saturated rings. The van der Waals surface area contributed by atoms with Crippen LogP contribution in [0.4, 0.5) is 5.69 Å². The maximum absolute atomic E-state index is 13.8. The van der Waals surface area contributed by atoms with E-state index in [-0.39, 0.29) is 10.6 Å². The molecule has 0 atom stereocenters. The molecule has 0 unspecified atom stereocenters. The van der Waals surface area contributed by atoms with Gasteiger partial charge in [-0.25, -0.2) is 17.8 Å². The van der Waals surface area contributed by atoms with Crippen LogP contribution in [0.1, 0.15) is 29.5 Å². The number of anilines is 1. The Labute approximate surface area is 197 Å². The van der Waals surface area contributed by atoms with E-state index in [1.165, 1.54) is 16.4 Å². The van der Waals surface area contributed by atoms with Crippen molar-refractivity contribution < 1.29 is 8.42 Å². The quantitative estimate of drug-likeness (QED) is 0.488. The number of aromatic amines is 1. The number of benzene rings is 3. The fraction of sp³-hybridized carbons (Fsp3) is 0.231. The molecule has 8 heteroatoms. The van der Waals surface area contributed by atoms with Gasteiger partial charge in [-0.2, -0.15) is 0 Å². The van der Waals surface area contributed by atoms with Crippen molar-refractivity contribution in [3.63, 3.8) is 0 Å². The van der Waals surface area contributed by atoms with E-state index in [1.807, 2.05) is 19.9 Å². The van der Waals surface area contributed by atoms with Crippen LogP contribution in [-0.2, 0) is 16.4 Å². The number of nitrogens with one attached hydrogen (secondary N) is 1. The molecule has 1 aliphatic rings. The van der Waals surface area contributed by atoms with E-state index in [2.05, 4.69) is 11.1 Å². The average molecular weight is 476 g/mol. The van der Waals surface area contributed by atoms with Crippen molar-refractivity contribution in [2.24, 2.45) is 0 Å². The number of H-pyrrole nitrogens is 1. The Kier molecular flexibility index (Phi) is 5.40. The molecule has 1 N–H and O–H groups in total. The van der Waals surface area contributed by atoms with Gasteiger partial charge in [0.1, 0.15) is 0 Å². The molecule has 7 nitrogen and oxygen atoms in total. The molecule has 1 aliphatic heterocycles. The molecule has 34 heavy (non-hydrogen) atoms. The van der Waals surface area contributed by atoms with Gasteiger partial charge in [0.2, 0.25) is 0 Å². The van der Waals surface area contributed by atoms with Crippen LogP contribution in [0.25, 0.3) is 16.6 Å². The number of nitrogens with zero attached hydrogens (tertiary/aromatic N) is 2. The van der Waals surface area contributed by atoms with Gasteiger partial charge in [-0.05, 0) is 86.2 Å². The lowest BCUT2D eigenvalue weighted by atomic mass is 10.00. The number of sulfonamides is 1. The number of aromatic nitrogens is 2. The fourth-order valence-electron chi connectivity index (χ4n) is 4.76. The fourth-order valence-corrected chi connectivity index (χ4v) is 6.32. The first-order chi connectivity index (χ1) is 16.3. The van der Waals surface area contributed by atoms with Gasteiger partial charge in [0.15, 0.2) is 0 Å². The lowest BCUT2D eigenvalue weighted by Gasteiger charge is -2.26. The minimum absolute atomic E-state index is 0.0384.